The largest absolute Gasteiger partial charge is 0.493 e. The molecule has 0 unspecified atom stereocenters. The Bertz CT molecular complexity index is 1290. The summed E-state index contributed by atoms with van der Waals surface area (Å²) in [7, 11) is 1.64. The highest BCUT2D eigenvalue weighted by Gasteiger charge is 2.28. The number of nitrogens with zero attached hydrogens (tertiary/aromatic N) is 5. The van der Waals surface area contributed by atoms with E-state index in [4.69, 9.17) is 19.6 Å². The second-order valence-corrected chi connectivity index (χ2v) is 9.09. The predicted octanol–water partition coefficient (Wildman–Crippen LogP) is 4.64. The van der Waals surface area contributed by atoms with Gasteiger partial charge in [-0.2, -0.15) is 5.10 Å². The van der Waals surface area contributed by atoms with E-state index < -0.39 is 0 Å². The molecule has 2 aromatic heterocycles. The fraction of sp³-hybridized carbons (Fsp3) is 0.308. The van der Waals surface area contributed by atoms with Crippen LogP contribution in [0.4, 0.5) is 0 Å². The molecule has 0 N–H and O–H groups in total. The molecule has 8 nitrogen and oxygen atoms in total. The maximum Gasteiger partial charge on any atom is 0.273 e. The number of amides is 1. The van der Waals surface area contributed by atoms with E-state index in [1.54, 1.807) is 18.0 Å². The molecule has 180 valence electrons. The molecule has 0 spiro atoms. The maximum atomic E-state index is 13.5. The van der Waals surface area contributed by atoms with Crippen LogP contribution in [-0.4, -0.2) is 50.8 Å². The minimum Gasteiger partial charge on any atom is -0.493 e. The van der Waals surface area contributed by atoms with E-state index in [1.807, 2.05) is 65.0 Å². The SMILES string of the molecule is COc1ccc2cc1OCCn1nc(-c3ccccc3)nc1[C@@H](C)N(C(=O)c1cscn1)CCC2. The van der Waals surface area contributed by atoms with Gasteiger partial charge < -0.3 is 14.4 Å². The number of hydrogen-bond acceptors (Lipinski definition) is 7. The van der Waals surface area contributed by atoms with Crippen molar-refractivity contribution in [3.8, 4) is 22.9 Å². The van der Waals surface area contributed by atoms with Crippen molar-refractivity contribution >= 4 is 17.2 Å². The van der Waals surface area contributed by atoms with Gasteiger partial charge in [0.15, 0.2) is 17.3 Å². The van der Waals surface area contributed by atoms with Crippen molar-refractivity contribution in [2.45, 2.75) is 32.4 Å². The number of hydrogen-bond donors (Lipinski definition) is 0. The first-order valence-electron chi connectivity index (χ1n) is 11.6. The van der Waals surface area contributed by atoms with Gasteiger partial charge in [0, 0.05) is 17.5 Å². The monoisotopic (exact) mass is 489 g/mol. The molecule has 0 aliphatic carbocycles. The number of ether oxygens (including phenoxy) is 2. The normalized spacial score (nSPS) is 16.3. The van der Waals surface area contributed by atoms with Crippen molar-refractivity contribution in [2.24, 2.45) is 0 Å². The lowest BCUT2D eigenvalue weighted by molar-refractivity contribution is 0.0671. The van der Waals surface area contributed by atoms with Gasteiger partial charge in [-0.05, 0) is 37.5 Å². The second-order valence-electron chi connectivity index (χ2n) is 8.37. The summed E-state index contributed by atoms with van der Waals surface area (Å²) in [6.45, 7) is 3.43. The Morgan fingerprint density at radius 3 is 2.80 bits per heavy atom. The first kappa shape index (κ1) is 23.0. The fourth-order valence-electron chi connectivity index (χ4n) is 4.30. The second kappa shape index (κ2) is 10.3. The molecule has 3 heterocycles. The Labute approximate surface area is 208 Å². The molecule has 2 bridgehead atoms. The van der Waals surface area contributed by atoms with Crippen LogP contribution in [0.5, 0.6) is 11.5 Å². The molecule has 1 aliphatic rings. The van der Waals surface area contributed by atoms with Crippen LogP contribution in [0, 0.1) is 0 Å². The zero-order valence-electron chi connectivity index (χ0n) is 19.8. The van der Waals surface area contributed by atoms with Gasteiger partial charge in [-0.1, -0.05) is 36.4 Å². The molecule has 1 atom stereocenters. The van der Waals surface area contributed by atoms with Gasteiger partial charge in [-0.25, -0.2) is 14.6 Å². The third kappa shape index (κ3) is 4.90. The molecule has 0 radical (unpaired) electrons. The van der Waals surface area contributed by atoms with E-state index in [0.29, 0.717) is 48.5 Å². The van der Waals surface area contributed by atoms with Crippen LogP contribution in [0.15, 0.2) is 59.4 Å². The van der Waals surface area contributed by atoms with Crippen molar-refractivity contribution in [3.05, 3.63) is 76.5 Å². The van der Waals surface area contributed by atoms with Gasteiger partial charge in [-0.15, -0.1) is 11.3 Å². The van der Waals surface area contributed by atoms with Gasteiger partial charge in [0.25, 0.3) is 5.91 Å². The topological polar surface area (TPSA) is 82.4 Å². The maximum absolute atomic E-state index is 13.5. The number of methoxy groups -OCH3 is 1. The van der Waals surface area contributed by atoms with Crippen LogP contribution in [0.25, 0.3) is 11.4 Å². The highest BCUT2D eigenvalue weighted by Crippen LogP contribution is 2.30. The summed E-state index contributed by atoms with van der Waals surface area (Å²) in [5.74, 6) is 2.64. The van der Waals surface area contributed by atoms with Gasteiger partial charge in [0.05, 0.1) is 25.2 Å². The molecular formula is C26H27N5O3S. The van der Waals surface area contributed by atoms with Crippen LogP contribution in [0.2, 0.25) is 0 Å². The summed E-state index contributed by atoms with van der Waals surface area (Å²) in [6.07, 6.45) is 1.58. The lowest BCUT2D eigenvalue weighted by atomic mass is 10.1. The van der Waals surface area contributed by atoms with Crippen LogP contribution < -0.4 is 9.47 Å². The highest BCUT2D eigenvalue weighted by molar-refractivity contribution is 7.07. The molecule has 35 heavy (non-hydrogen) atoms. The lowest BCUT2D eigenvalue weighted by Crippen LogP contribution is -2.36. The smallest absolute Gasteiger partial charge is 0.273 e. The number of aromatic nitrogens is 4. The van der Waals surface area contributed by atoms with E-state index in [0.717, 1.165) is 24.0 Å². The molecule has 4 aromatic rings. The van der Waals surface area contributed by atoms with E-state index >= 15 is 0 Å². The van der Waals surface area contributed by atoms with Crippen molar-refractivity contribution in [1.82, 2.24) is 24.6 Å². The average molecular weight is 490 g/mol. The van der Waals surface area contributed by atoms with E-state index in [2.05, 4.69) is 4.98 Å². The molecule has 0 fully saturated rings. The molecule has 0 saturated carbocycles. The van der Waals surface area contributed by atoms with Gasteiger partial charge >= 0.3 is 0 Å². The third-order valence-electron chi connectivity index (χ3n) is 6.14. The molecular weight excluding hydrogens is 462 g/mol. The zero-order valence-corrected chi connectivity index (χ0v) is 20.6. The van der Waals surface area contributed by atoms with E-state index in [-0.39, 0.29) is 11.9 Å². The van der Waals surface area contributed by atoms with Crippen LogP contribution in [-0.2, 0) is 13.0 Å². The molecule has 0 saturated heterocycles. The van der Waals surface area contributed by atoms with Crippen molar-refractivity contribution < 1.29 is 14.3 Å². The first-order valence-corrected chi connectivity index (χ1v) is 12.6. The Morgan fingerprint density at radius 2 is 2.03 bits per heavy atom. The molecule has 9 heteroatoms. The Kier molecular flexibility index (Phi) is 6.76. The molecule has 1 aliphatic heterocycles. The summed E-state index contributed by atoms with van der Waals surface area (Å²) in [6, 6.07) is 15.6. The number of benzene rings is 2. The van der Waals surface area contributed by atoms with Crippen molar-refractivity contribution in [3.63, 3.8) is 0 Å². The van der Waals surface area contributed by atoms with E-state index in [1.165, 1.54) is 11.3 Å². The zero-order chi connectivity index (χ0) is 24.2. The number of rotatable bonds is 3. The highest BCUT2D eigenvalue weighted by atomic mass is 32.1. The molecule has 5 rings (SSSR count). The number of carbonyl (C=O) groups excluding carboxylic acids is 1. The van der Waals surface area contributed by atoms with Crippen LogP contribution >= 0.6 is 11.3 Å². The van der Waals surface area contributed by atoms with Crippen LogP contribution in [0.1, 0.15) is 41.3 Å². The standard InChI is InChI=1S/C26H27N5O3S/c1-18-25-28-24(20-8-4-3-5-9-20)29-31(25)13-14-34-23-15-19(10-11-22(23)33-2)7-6-12-30(18)26(32)21-16-35-17-27-21/h3-5,8-11,15-18H,6-7,12-14H2,1-2H3/t18-/m1/s1. The Hall–Kier alpha value is -3.72. The minimum absolute atomic E-state index is 0.101. The number of aryl methyl sites for hydroxylation is 1. The van der Waals surface area contributed by atoms with Gasteiger partial charge in [0.2, 0.25) is 0 Å². The summed E-state index contributed by atoms with van der Waals surface area (Å²) < 4.78 is 13.5. The summed E-state index contributed by atoms with van der Waals surface area (Å²) in [5, 5.41) is 6.59. The Balaban J connectivity index is 1.54. The predicted molar refractivity (Wildman–Crippen MR) is 134 cm³/mol. The first-order chi connectivity index (χ1) is 17.1. The molecule has 2 aromatic carbocycles. The summed E-state index contributed by atoms with van der Waals surface area (Å²) in [4.78, 5) is 24.5. The van der Waals surface area contributed by atoms with Crippen molar-refractivity contribution in [1.29, 1.82) is 0 Å². The fourth-order valence-corrected chi connectivity index (χ4v) is 4.82. The van der Waals surface area contributed by atoms with Crippen LogP contribution in [0.3, 0.4) is 0 Å². The number of thiazole rings is 1. The number of fused-ring (bicyclic) bond motifs is 3. The lowest BCUT2D eigenvalue weighted by Gasteiger charge is -2.28. The van der Waals surface area contributed by atoms with Crippen molar-refractivity contribution in [2.75, 3.05) is 20.3 Å². The summed E-state index contributed by atoms with van der Waals surface area (Å²) in [5.41, 5.74) is 4.20. The minimum atomic E-state index is -0.299. The Morgan fingerprint density at radius 1 is 1.17 bits per heavy atom. The number of carbonyl (C=O) groups is 1. The van der Waals surface area contributed by atoms with E-state index in [9.17, 15) is 4.79 Å². The summed E-state index contributed by atoms with van der Waals surface area (Å²) >= 11 is 1.42. The quantitative estimate of drug-likeness (QED) is 0.417. The average Bonchev–Trinajstić information content (AvgIpc) is 3.57. The van der Waals surface area contributed by atoms with Gasteiger partial charge in [-0.3, -0.25) is 4.79 Å². The molecule has 1 amide bonds. The third-order valence-corrected chi connectivity index (χ3v) is 6.73. The van der Waals surface area contributed by atoms with Gasteiger partial charge in [0.1, 0.15) is 18.1 Å².